The van der Waals surface area contributed by atoms with Crippen LogP contribution in [0, 0.1) is 22.7 Å². The van der Waals surface area contributed by atoms with E-state index in [0.717, 1.165) is 25.7 Å². The molecule has 36 heavy (non-hydrogen) atoms. The van der Waals surface area contributed by atoms with E-state index in [0.29, 0.717) is 51.4 Å². The standard InChI is InChI=1S/C30H54O6/c1-9-13-15-19-29(17-11-3,25(31)21-23(5)6)27(33)35-36-28(34)30(18-12-4,20-16-14-10-2)26(32)22-24(7)8/h23-24H,9-22H2,1-8H3. The van der Waals surface area contributed by atoms with E-state index in [-0.39, 0.29) is 36.2 Å². The maximum Gasteiger partial charge on any atom is 0.369 e. The van der Waals surface area contributed by atoms with Crippen molar-refractivity contribution >= 4 is 23.5 Å². The second-order valence-electron chi connectivity index (χ2n) is 11.4. The van der Waals surface area contributed by atoms with Crippen LogP contribution in [0.1, 0.15) is 145 Å². The van der Waals surface area contributed by atoms with Gasteiger partial charge in [-0.15, -0.1) is 0 Å². The van der Waals surface area contributed by atoms with Crippen LogP contribution in [0.25, 0.3) is 0 Å². The molecule has 0 aromatic carbocycles. The molecule has 0 saturated carbocycles. The molecule has 0 heterocycles. The molecule has 0 fully saturated rings. The molecule has 0 aromatic heterocycles. The number of Topliss-reactive ketones (excluding diaryl/α,β-unsaturated/α-hetero) is 2. The van der Waals surface area contributed by atoms with Crippen LogP contribution in [0.3, 0.4) is 0 Å². The van der Waals surface area contributed by atoms with Crippen LogP contribution in [0.15, 0.2) is 0 Å². The highest BCUT2D eigenvalue weighted by Gasteiger charge is 2.50. The normalized spacial score (nSPS) is 14.8. The molecule has 0 aromatic rings. The summed E-state index contributed by atoms with van der Waals surface area (Å²) >= 11 is 0. The maximum absolute atomic E-state index is 13.5. The van der Waals surface area contributed by atoms with Crippen LogP contribution in [-0.2, 0) is 29.0 Å². The molecule has 0 rings (SSSR count). The van der Waals surface area contributed by atoms with Gasteiger partial charge >= 0.3 is 11.9 Å². The van der Waals surface area contributed by atoms with Gasteiger partial charge in [0, 0.05) is 12.8 Å². The van der Waals surface area contributed by atoms with Crippen LogP contribution in [0.4, 0.5) is 0 Å². The second kappa shape index (κ2) is 17.7. The van der Waals surface area contributed by atoms with Crippen molar-refractivity contribution in [3.05, 3.63) is 0 Å². The minimum Gasteiger partial charge on any atom is -0.298 e. The van der Waals surface area contributed by atoms with Gasteiger partial charge in [0.25, 0.3) is 0 Å². The summed E-state index contributed by atoms with van der Waals surface area (Å²) in [6.45, 7) is 15.8. The highest BCUT2D eigenvalue weighted by atomic mass is 17.2. The lowest BCUT2D eigenvalue weighted by Gasteiger charge is -2.32. The Labute approximate surface area is 220 Å². The fourth-order valence-corrected chi connectivity index (χ4v) is 5.02. The van der Waals surface area contributed by atoms with E-state index in [2.05, 4.69) is 13.8 Å². The summed E-state index contributed by atoms with van der Waals surface area (Å²) < 4.78 is 0. The largest absolute Gasteiger partial charge is 0.369 e. The Balaban J connectivity index is 6.02. The number of carbonyl (C=O) groups is 4. The van der Waals surface area contributed by atoms with Gasteiger partial charge in [-0.1, -0.05) is 107 Å². The van der Waals surface area contributed by atoms with Gasteiger partial charge in [0.15, 0.2) is 11.6 Å². The molecule has 0 N–H and O–H groups in total. The Kier molecular flexibility index (Phi) is 16.8. The van der Waals surface area contributed by atoms with Crippen molar-refractivity contribution in [2.24, 2.45) is 22.7 Å². The molecule has 210 valence electrons. The van der Waals surface area contributed by atoms with Crippen molar-refractivity contribution in [1.82, 2.24) is 0 Å². The molecule has 2 atom stereocenters. The Morgan fingerprint density at radius 2 is 0.861 bits per heavy atom. The summed E-state index contributed by atoms with van der Waals surface area (Å²) in [4.78, 5) is 64.1. The van der Waals surface area contributed by atoms with E-state index >= 15 is 0 Å². The first-order valence-corrected chi connectivity index (χ1v) is 14.5. The fourth-order valence-electron chi connectivity index (χ4n) is 5.02. The third kappa shape index (κ3) is 10.3. The molecule has 6 nitrogen and oxygen atoms in total. The van der Waals surface area contributed by atoms with Crippen molar-refractivity contribution in [2.45, 2.75) is 145 Å². The van der Waals surface area contributed by atoms with E-state index in [1.807, 2.05) is 41.5 Å². The van der Waals surface area contributed by atoms with Gasteiger partial charge in [-0.05, 0) is 37.5 Å². The number of ketones is 2. The van der Waals surface area contributed by atoms with E-state index in [1.54, 1.807) is 0 Å². The summed E-state index contributed by atoms with van der Waals surface area (Å²) in [6, 6.07) is 0. The molecule has 0 bridgehead atoms. The first-order chi connectivity index (χ1) is 17.0. The van der Waals surface area contributed by atoms with E-state index in [4.69, 9.17) is 9.78 Å². The summed E-state index contributed by atoms with van der Waals surface area (Å²) in [7, 11) is 0. The Morgan fingerprint density at radius 3 is 1.11 bits per heavy atom. The summed E-state index contributed by atoms with van der Waals surface area (Å²) in [5.41, 5.74) is -2.65. The number of rotatable bonds is 20. The van der Waals surface area contributed by atoms with Gasteiger partial charge in [0.2, 0.25) is 0 Å². The topological polar surface area (TPSA) is 86.7 Å². The van der Waals surface area contributed by atoms with Crippen LogP contribution in [0.5, 0.6) is 0 Å². The molecule has 0 spiro atoms. The lowest BCUT2D eigenvalue weighted by Crippen LogP contribution is -2.45. The van der Waals surface area contributed by atoms with Crippen molar-refractivity contribution < 1.29 is 29.0 Å². The minimum absolute atomic E-state index is 0.0969. The quantitative estimate of drug-likeness (QED) is 0.0714. The monoisotopic (exact) mass is 510 g/mol. The highest BCUT2D eigenvalue weighted by Crippen LogP contribution is 2.38. The van der Waals surface area contributed by atoms with Crippen LogP contribution >= 0.6 is 0 Å². The van der Waals surface area contributed by atoms with Gasteiger partial charge in [-0.3, -0.25) is 9.59 Å². The number of carbonyl (C=O) groups excluding carboxylic acids is 4. The zero-order valence-corrected chi connectivity index (χ0v) is 24.5. The highest BCUT2D eigenvalue weighted by molar-refractivity contribution is 6.05. The summed E-state index contributed by atoms with van der Waals surface area (Å²) in [5.74, 6) is -1.71. The van der Waals surface area contributed by atoms with Gasteiger partial charge in [0.1, 0.15) is 10.8 Å². The number of hydrogen-bond acceptors (Lipinski definition) is 6. The third-order valence-corrected chi connectivity index (χ3v) is 7.00. The van der Waals surface area contributed by atoms with E-state index in [1.165, 1.54) is 0 Å². The molecule has 0 aliphatic heterocycles. The van der Waals surface area contributed by atoms with Crippen molar-refractivity contribution in [3.63, 3.8) is 0 Å². The first-order valence-electron chi connectivity index (χ1n) is 14.5. The van der Waals surface area contributed by atoms with Gasteiger partial charge < -0.3 is 0 Å². The zero-order chi connectivity index (χ0) is 27.8. The molecule has 0 radical (unpaired) electrons. The number of unbranched alkanes of at least 4 members (excludes halogenated alkanes) is 4. The molecule has 0 aliphatic rings. The van der Waals surface area contributed by atoms with Crippen LogP contribution < -0.4 is 0 Å². The van der Waals surface area contributed by atoms with Crippen LogP contribution in [0.2, 0.25) is 0 Å². The molecular weight excluding hydrogens is 456 g/mol. The van der Waals surface area contributed by atoms with Crippen molar-refractivity contribution in [2.75, 3.05) is 0 Å². The molecule has 0 saturated heterocycles. The summed E-state index contributed by atoms with van der Waals surface area (Å²) in [6.07, 6.45) is 8.37. The fraction of sp³-hybridized carbons (Fsp3) is 0.867. The lowest BCUT2D eigenvalue weighted by molar-refractivity contribution is -0.273. The average Bonchev–Trinajstić information content (AvgIpc) is 2.80. The Hall–Kier alpha value is -1.72. The van der Waals surface area contributed by atoms with Gasteiger partial charge in [-0.2, -0.15) is 0 Å². The van der Waals surface area contributed by atoms with Gasteiger partial charge in [0.05, 0.1) is 0 Å². The van der Waals surface area contributed by atoms with Crippen molar-refractivity contribution in [3.8, 4) is 0 Å². The lowest BCUT2D eigenvalue weighted by atomic mass is 9.72. The van der Waals surface area contributed by atoms with Crippen LogP contribution in [-0.4, -0.2) is 23.5 Å². The molecule has 2 unspecified atom stereocenters. The second-order valence-corrected chi connectivity index (χ2v) is 11.4. The zero-order valence-electron chi connectivity index (χ0n) is 24.5. The average molecular weight is 511 g/mol. The minimum atomic E-state index is -1.33. The first kappa shape index (κ1) is 34.3. The SMILES string of the molecule is CCCCCC(CCC)(C(=O)CC(C)C)C(=O)OOC(=O)C(CCC)(CCCCC)C(=O)CC(C)C. The predicted molar refractivity (Wildman–Crippen MR) is 144 cm³/mol. The molecule has 6 heteroatoms. The van der Waals surface area contributed by atoms with Gasteiger partial charge in [-0.25, -0.2) is 19.4 Å². The maximum atomic E-state index is 13.5. The molecule has 0 aliphatic carbocycles. The Morgan fingerprint density at radius 1 is 0.528 bits per heavy atom. The number of hydrogen-bond donors (Lipinski definition) is 0. The van der Waals surface area contributed by atoms with E-state index in [9.17, 15) is 19.2 Å². The predicted octanol–water partition coefficient (Wildman–Crippen LogP) is 7.95. The third-order valence-electron chi connectivity index (χ3n) is 7.00. The Bertz CT molecular complexity index is 625. The van der Waals surface area contributed by atoms with Crippen molar-refractivity contribution in [1.29, 1.82) is 0 Å². The summed E-state index contributed by atoms with van der Waals surface area (Å²) in [5, 5.41) is 0. The molecule has 0 amide bonds. The van der Waals surface area contributed by atoms with E-state index < -0.39 is 22.8 Å². The smallest absolute Gasteiger partial charge is 0.298 e. The molecular formula is C30H54O6.